The van der Waals surface area contributed by atoms with Gasteiger partial charge in [-0.3, -0.25) is 0 Å². The van der Waals surface area contributed by atoms with Gasteiger partial charge in [-0.05, 0) is 39.5 Å². The Hall–Kier alpha value is -0.510. The summed E-state index contributed by atoms with van der Waals surface area (Å²) in [5.41, 5.74) is 5.97. The summed E-state index contributed by atoms with van der Waals surface area (Å²) in [5, 5.41) is 1.99. The molecule has 1 aromatic heterocycles. The molecule has 1 heterocycles. The Balaban J connectivity index is 2.29. The molecule has 0 saturated carbocycles. The minimum atomic E-state index is -3.75. The average Bonchev–Trinajstić information content (AvgIpc) is 2.82. The molecule has 0 aliphatic rings. The third-order valence-corrected chi connectivity index (χ3v) is 6.66. The van der Waals surface area contributed by atoms with Gasteiger partial charge in [0.15, 0.2) is 0 Å². The molecular formula is C12H10BrClN2O2S3. The highest BCUT2D eigenvalue weighted by molar-refractivity contribution is 9.10. The van der Waals surface area contributed by atoms with E-state index >= 15 is 0 Å². The third kappa shape index (κ3) is 4.02. The fraction of sp³-hybridized carbons (Fsp3) is 0.0833. The Kier molecular flexibility index (Phi) is 5.39. The van der Waals surface area contributed by atoms with Crippen molar-refractivity contribution in [2.75, 3.05) is 0 Å². The molecule has 1 aromatic carbocycles. The maximum atomic E-state index is 12.3. The lowest BCUT2D eigenvalue weighted by Crippen LogP contribution is -2.24. The molecule has 2 aromatic rings. The van der Waals surface area contributed by atoms with Crippen LogP contribution in [0, 0.1) is 0 Å². The van der Waals surface area contributed by atoms with Crippen molar-refractivity contribution >= 4 is 66.1 Å². The minimum absolute atomic E-state index is 0.0397. The van der Waals surface area contributed by atoms with E-state index in [9.17, 15) is 8.42 Å². The first-order chi connectivity index (χ1) is 9.81. The van der Waals surface area contributed by atoms with Crippen LogP contribution in [0.15, 0.2) is 39.0 Å². The Morgan fingerprint density at radius 1 is 1.43 bits per heavy atom. The van der Waals surface area contributed by atoms with Crippen LogP contribution in [0.2, 0.25) is 5.02 Å². The number of nitrogens with two attached hydrogens (primary N) is 1. The van der Waals surface area contributed by atoms with Gasteiger partial charge in [0.25, 0.3) is 0 Å². The third-order valence-electron chi connectivity index (χ3n) is 2.62. The fourth-order valence-corrected chi connectivity index (χ4v) is 4.72. The topological polar surface area (TPSA) is 72.2 Å². The summed E-state index contributed by atoms with van der Waals surface area (Å²) >= 11 is 15.6. The summed E-state index contributed by atoms with van der Waals surface area (Å²) in [7, 11) is -3.75. The molecule has 3 N–H and O–H groups in total. The number of rotatable bonds is 5. The number of benzene rings is 1. The molecule has 0 bridgehead atoms. The molecule has 4 nitrogen and oxygen atoms in total. The molecule has 0 aliphatic carbocycles. The Labute approximate surface area is 145 Å². The highest BCUT2D eigenvalue weighted by Gasteiger charge is 2.19. The zero-order chi connectivity index (χ0) is 15.6. The highest BCUT2D eigenvalue weighted by Crippen LogP contribution is 2.25. The monoisotopic (exact) mass is 424 g/mol. The molecule has 0 saturated heterocycles. The number of thiophene rings is 1. The summed E-state index contributed by atoms with van der Waals surface area (Å²) in [4.78, 5) is 0.950. The van der Waals surface area contributed by atoms with Gasteiger partial charge in [-0.25, -0.2) is 13.1 Å². The van der Waals surface area contributed by atoms with Crippen LogP contribution in [-0.2, 0) is 16.6 Å². The molecule has 0 spiro atoms. The van der Waals surface area contributed by atoms with Crippen LogP contribution < -0.4 is 10.5 Å². The van der Waals surface area contributed by atoms with E-state index in [2.05, 4.69) is 20.7 Å². The maximum absolute atomic E-state index is 12.3. The van der Waals surface area contributed by atoms with Crippen LogP contribution in [0.4, 0.5) is 0 Å². The molecule has 0 atom stereocenters. The quantitative estimate of drug-likeness (QED) is 0.721. The van der Waals surface area contributed by atoms with Crippen molar-refractivity contribution in [1.82, 2.24) is 4.72 Å². The largest absolute Gasteiger partial charge is 0.389 e. The van der Waals surface area contributed by atoms with E-state index in [1.807, 2.05) is 11.4 Å². The van der Waals surface area contributed by atoms with E-state index in [1.165, 1.54) is 23.5 Å². The molecule has 9 heteroatoms. The second-order valence-corrected chi connectivity index (χ2v) is 8.46. The van der Waals surface area contributed by atoms with Crippen molar-refractivity contribution in [3.63, 3.8) is 0 Å². The van der Waals surface area contributed by atoms with Gasteiger partial charge in [-0.15, -0.1) is 11.3 Å². The van der Waals surface area contributed by atoms with Crippen LogP contribution in [0.25, 0.3) is 0 Å². The molecule has 0 amide bonds. The van der Waals surface area contributed by atoms with Crippen molar-refractivity contribution in [2.24, 2.45) is 5.73 Å². The molecule has 2 rings (SSSR count). The van der Waals surface area contributed by atoms with Gasteiger partial charge in [-0.2, -0.15) is 0 Å². The predicted molar refractivity (Wildman–Crippen MR) is 93.4 cm³/mol. The van der Waals surface area contributed by atoms with Crippen LogP contribution >= 0.6 is 51.1 Å². The first-order valence-corrected chi connectivity index (χ1v) is 9.56. The first kappa shape index (κ1) is 16.9. The lowest BCUT2D eigenvalue weighted by Gasteiger charge is -2.09. The lowest BCUT2D eigenvalue weighted by atomic mass is 10.2. The molecule has 21 heavy (non-hydrogen) atoms. The first-order valence-electron chi connectivity index (χ1n) is 5.62. The Bertz CT molecular complexity index is 790. The van der Waals surface area contributed by atoms with Gasteiger partial charge in [0.2, 0.25) is 10.0 Å². The van der Waals surface area contributed by atoms with Crippen molar-refractivity contribution in [2.45, 2.75) is 11.4 Å². The zero-order valence-corrected chi connectivity index (χ0v) is 15.3. The number of hydrogen-bond donors (Lipinski definition) is 2. The average molecular weight is 426 g/mol. The fourth-order valence-electron chi connectivity index (χ4n) is 1.55. The summed E-state index contributed by atoms with van der Waals surface area (Å²) < 4.78 is 28.1. The van der Waals surface area contributed by atoms with Crippen LogP contribution in [0.5, 0.6) is 0 Å². The molecular weight excluding hydrogens is 416 g/mol. The van der Waals surface area contributed by atoms with Crippen molar-refractivity contribution in [3.8, 4) is 0 Å². The minimum Gasteiger partial charge on any atom is -0.389 e. The van der Waals surface area contributed by atoms with Gasteiger partial charge in [0.1, 0.15) is 9.88 Å². The number of nitrogens with one attached hydrogen (secondary N) is 1. The maximum Gasteiger partial charge on any atom is 0.242 e. The van der Waals surface area contributed by atoms with Crippen molar-refractivity contribution < 1.29 is 8.42 Å². The zero-order valence-electron chi connectivity index (χ0n) is 10.5. The van der Waals surface area contributed by atoms with E-state index < -0.39 is 10.0 Å². The lowest BCUT2D eigenvalue weighted by molar-refractivity contribution is 0.582. The normalized spacial score (nSPS) is 11.5. The number of sulfonamides is 1. The van der Waals surface area contributed by atoms with E-state index in [0.29, 0.717) is 5.56 Å². The van der Waals surface area contributed by atoms with Gasteiger partial charge >= 0.3 is 0 Å². The Morgan fingerprint density at radius 3 is 2.71 bits per heavy atom. The van der Waals surface area contributed by atoms with E-state index in [1.54, 1.807) is 6.07 Å². The summed E-state index contributed by atoms with van der Waals surface area (Å²) in [6.07, 6.45) is 0. The van der Waals surface area contributed by atoms with Crippen molar-refractivity contribution in [1.29, 1.82) is 0 Å². The second kappa shape index (κ2) is 6.72. The molecule has 0 fully saturated rings. The van der Waals surface area contributed by atoms with Gasteiger partial charge in [0, 0.05) is 21.5 Å². The summed E-state index contributed by atoms with van der Waals surface area (Å²) in [6.45, 7) is 0.175. The predicted octanol–water partition coefficient (Wildman–Crippen LogP) is 3.28. The van der Waals surface area contributed by atoms with Crippen LogP contribution in [0.3, 0.4) is 0 Å². The van der Waals surface area contributed by atoms with E-state index in [0.717, 1.165) is 9.35 Å². The molecule has 0 unspecified atom stereocenters. The van der Waals surface area contributed by atoms with Crippen LogP contribution in [-0.4, -0.2) is 13.4 Å². The van der Waals surface area contributed by atoms with E-state index in [-0.39, 0.29) is 21.5 Å². The van der Waals surface area contributed by atoms with E-state index in [4.69, 9.17) is 29.6 Å². The molecule has 0 radical (unpaired) electrons. The SMILES string of the molecule is NC(=S)c1ccc(Cl)c(S(=O)(=O)NCc2sccc2Br)c1. The molecule has 112 valence electrons. The molecule has 0 aliphatic heterocycles. The highest BCUT2D eigenvalue weighted by atomic mass is 79.9. The van der Waals surface area contributed by atoms with Gasteiger partial charge < -0.3 is 5.73 Å². The van der Waals surface area contributed by atoms with Gasteiger partial charge in [-0.1, -0.05) is 29.9 Å². The van der Waals surface area contributed by atoms with Gasteiger partial charge in [0.05, 0.1) is 5.02 Å². The van der Waals surface area contributed by atoms with Crippen molar-refractivity contribution in [3.05, 3.63) is 49.6 Å². The number of thiocarbonyl (C=S) groups is 1. The number of hydrogen-bond acceptors (Lipinski definition) is 4. The second-order valence-electron chi connectivity index (χ2n) is 4.03. The summed E-state index contributed by atoms with van der Waals surface area (Å²) in [5.74, 6) is 0. The standard InChI is InChI=1S/C12H10BrClN2O2S3/c13-8-3-4-20-10(8)6-16-21(17,18)11-5-7(12(15)19)1-2-9(11)14/h1-5,16H,6H2,(H2,15,19). The smallest absolute Gasteiger partial charge is 0.242 e. The number of halogens is 2. The van der Waals surface area contributed by atoms with Crippen LogP contribution in [0.1, 0.15) is 10.4 Å². The Morgan fingerprint density at radius 2 is 2.14 bits per heavy atom. The summed E-state index contributed by atoms with van der Waals surface area (Å²) in [6, 6.07) is 6.27.